The van der Waals surface area contributed by atoms with Gasteiger partial charge >= 0.3 is 0 Å². The first kappa shape index (κ1) is 26.0. The zero-order valence-electron chi connectivity index (χ0n) is 22.8. The minimum absolute atomic E-state index is 0.189. The van der Waals surface area contributed by atoms with Crippen molar-refractivity contribution >= 4 is 17.5 Å². The fourth-order valence-corrected chi connectivity index (χ4v) is 4.97. The van der Waals surface area contributed by atoms with Crippen molar-refractivity contribution in [1.29, 1.82) is 0 Å². The molecule has 8 nitrogen and oxygen atoms in total. The average molecular weight is 525 g/mol. The molecule has 5 rings (SSSR count). The Balaban J connectivity index is 1.54. The van der Waals surface area contributed by atoms with Gasteiger partial charge in [0.15, 0.2) is 0 Å². The van der Waals surface area contributed by atoms with Crippen LogP contribution in [0.5, 0.6) is 11.5 Å². The number of hydrogen-bond donors (Lipinski definition) is 1. The smallest absolute Gasteiger partial charge is 0.277 e. The quantitative estimate of drug-likeness (QED) is 0.371. The summed E-state index contributed by atoms with van der Waals surface area (Å²) in [6, 6.07) is 22.6. The molecule has 0 fully saturated rings. The number of amides is 2. The zero-order chi connectivity index (χ0) is 27.7. The molecule has 3 aromatic carbocycles. The van der Waals surface area contributed by atoms with Gasteiger partial charge in [-0.1, -0.05) is 24.3 Å². The number of nitrogens with zero attached hydrogens (tertiary/aromatic N) is 3. The summed E-state index contributed by atoms with van der Waals surface area (Å²) in [6.45, 7) is 6.26. The van der Waals surface area contributed by atoms with Crippen molar-refractivity contribution in [3.63, 3.8) is 0 Å². The van der Waals surface area contributed by atoms with Crippen LogP contribution in [0.3, 0.4) is 0 Å². The van der Waals surface area contributed by atoms with E-state index in [1.165, 1.54) is 0 Å². The van der Waals surface area contributed by atoms with Gasteiger partial charge < -0.3 is 14.8 Å². The van der Waals surface area contributed by atoms with Gasteiger partial charge in [0.25, 0.3) is 5.91 Å². The molecular formula is C31H32N4O4. The summed E-state index contributed by atoms with van der Waals surface area (Å²) in [7, 11) is 3.22. The van der Waals surface area contributed by atoms with Crippen LogP contribution in [0, 0.1) is 13.8 Å². The van der Waals surface area contributed by atoms with Crippen molar-refractivity contribution in [3.05, 3.63) is 95.2 Å². The second-order valence-electron chi connectivity index (χ2n) is 9.98. The lowest BCUT2D eigenvalue weighted by Crippen LogP contribution is -2.64. The molecule has 0 aliphatic carbocycles. The van der Waals surface area contributed by atoms with E-state index in [9.17, 15) is 9.59 Å². The van der Waals surface area contributed by atoms with Crippen molar-refractivity contribution < 1.29 is 19.1 Å². The Hall–Kier alpha value is -4.59. The first-order valence-corrected chi connectivity index (χ1v) is 12.8. The Morgan fingerprint density at radius 2 is 1.72 bits per heavy atom. The van der Waals surface area contributed by atoms with Crippen molar-refractivity contribution in [1.82, 2.24) is 15.1 Å². The summed E-state index contributed by atoms with van der Waals surface area (Å²) >= 11 is 0. The fourth-order valence-electron chi connectivity index (χ4n) is 4.97. The molecule has 2 amide bonds. The van der Waals surface area contributed by atoms with Gasteiger partial charge in [0, 0.05) is 23.4 Å². The fraction of sp³-hybridized carbons (Fsp3) is 0.258. The van der Waals surface area contributed by atoms with Crippen LogP contribution in [-0.2, 0) is 17.9 Å². The average Bonchev–Trinajstić information content (AvgIpc) is 3.37. The summed E-state index contributed by atoms with van der Waals surface area (Å²) in [5.74, 6) is 0.852. The van der Waals surface area contributed by atoms with Crippen LogP contribution in [-0.4, -0.2) is 41.4 Å². The lowest BCUT2D eigenvalue weighted by molar-refractivity contribution is -0.126. The molecule has 0 saturated carbocycles. The van der Waals surface area contributed by atoms with Crippen LogP contribution >= 0.6 is 0 Å². The minimum atomic E-state index is -1.24. The number of hydrogen-bond acceptors (Lipinski definition) is 5. The Morgan fingerprint density at radius 3 is 2.41 bits per heavy atom. The van der Waals surface area contributed by atoms with Crippen LogP contribution in [0.4, 0.5) is 5.69 Å². The summed E-state index contributed by atoms with van der Waals surface area (Å²) in [6.07, 6.45) is 0. The summed E-state index contributed by atoms with van der Waals surface area (Å²) in [4.78, 5) is 29.6. The highest BCUT2D eigenvalue weighted by molar-refractivity contribution is 6.12. The Kier molecular flexibility index (Phi) is 6.87. The van der Waals surface area contributed by atoms with E-state index in [0.717, 1.165) is 28.0 Å². The largest absolute Gasteiger partial charge is 0.497 e. The van der Waals surface area contributed by atoms with E-state index in [0.29, 0.717) is 22.8 Å². The number of benzene rings is 3. The molecule has 1 aliphatic rings. The van der Waals surface area contributed by atoms with Crippen molar-refractivity contribution in [2.24, 2.45) is 0 Å². The second kappa shape index (κ2) is 10.3. The molecule has 1 aromatic heterocycles. The lowest BCUT2D eigenvalue weighted by atomic mass is 9.93. The van der Waals surface area contributed by atoms with Gasteiger partial charge in [-0.3, -0.25) is 19.2 Å². The molecule has 1 atom stereocenters. The van der Waals surface area contributed by atoms with Crippen molar-refractivity contribution in [2.45, 2.75) is 39.4 Å². The van der Waals surface area contributed by atoms with Gasteiger partial charge in [0.05, 0.1) is 26.5 Å². The predicted molar refractivity (Wildman–Crippen MR) is 150 cm³/mol. The van der Waals surface area contributed by atoms with E-state index in [1.807, 2.05) is 80.6 Å². The van der Waals surface area contributed by atoms with E-state index >= 15 is 0 Å². The maximum Gasteiger partial charge on any atom is 0.277 e. The molecule has 0 radical (unpaired) electrons. The number of carbonyl (C=O) groups excluding carboxylic acids is 2. The first-order chi connectivity index (χ1) is 18.7. The van der Waals surface area contributed by atoms with Gasteiger partial charge in [0.1, 0.15) is 22.7 Å². The molecule has 1 N–H and O–H groups in total. The highest BCUT2D eigenvalue weighted by atomic mass is 16.5. The molecule has 0 spiro atoms. The van der Waals surface area contributed by atoms with E-state index in [1.54, 1.807) is 36.8 Å². The molecule has 0 saturated heterocycles. The third-order valence-corrected chi connectivity index (χ3v) is 7.41. The number of ether oxygens (including phenoxy) is 2. The van der Waals surface area contributed by atoms with Crippen LogP contribution < -0.4 is 19.7 Å². The number of nitrogens with one attached hydrogen (secondary N) is 1. The van der Waals surface area contributed by atoms with Gasteiger partial charge in [-0.25, -0.2) is 0 Å². The highest BCUT2D eigenvalue weighted by Crippen LogP contribution is 2.35. The molecule has 0 bridgehead atoms. The maximum atomic E-state index is 14.1. The normalized spacial score (nSPS) is 16.5. The third kappa shape index (κ3) is 4.74. The molecule has 8 heteroatoms. The van der Waals surface area contributed by atoms with Crippen LogP contribution in [0.2, 0.25) is 0 Å². The number of para-hydroxylation sites is 1. The molecular weight excluding hydrogens is 492 g/mol. The molecule has 1 aliphatic heterocycles. The summed E-state index contributed by atoms with van der Waals surface area (Å²) < 4.78 is 12.4. The standard InChI is InChI=1S/C31H32N4O4/c1-20-10-13-24(16-21(20)2)35-29(36)27-17-26(22-11-14-25(38-4)15-12-22)33-34(27)19-31(35,3)30(37)32-18-23-8-6-7-9-28(23)39-5/h6-17H,18-19H2,1-5H3,(H,32,37)/t31-/m0/s1. The first-order valence-electron chi connectivity index (χ1n) is 12.8. The minimum Gasteiger partial charge on any atom is -0.497 e. The Morgan fingerprint density at radius 1 is 0.974 bits per heavy atom. The van der Waals surface area contributed by atoms with E-state index in [-0.39, 0.29) is 24.9 Å². The van der Waals surface area contributed by atoms with Gasteiger partial charge in [0.2, 0.25) is 5.91 Å². The van der Waals surface area contributed by atoms with Crippen molar-refractivity contribution in [2.75, 3.05) is 19.1 Å². The molecule has 200 valence electrons. The number of aromatic nitrogens is 2. The van der Waals surface area contributed by atoms with E-state index in [4.69, 9.17) is 14.6 Å². The molecule has 39 heavy (non-hydrogen) atoms. The lowest BCUT2D eigenvalue weighted by Gasteiger charge is -2.43. The Labute approximate surface area is 228 Å². The number of rotatable bonds is 7. The van der Waals surface area contributed by atoms with Crippen LogP contribution in [0.15, 0.2) is 72.8 Å². The van der Waals surface area contributed by atoms with E-state index < -0.39 is 5.54 Å². The van der Waals surface area contributed by atoms with Crippen LogP contribution in [0.25, 0.3) is 11.3 Å². The molecule has 2 heterocycles. The molecule has 0 unspecified atom stereocenters. The Bertz CT molecular complexity index is 1540. The molecule has 4 aromatic rings. The third-order valence-electron chi connectivity index (χ3n) is 7.41. The number of aryl methyl sites for hydroxylation is 2. The predicted octanol–water partition coefficient (Wildman–Crippen LogP) is 4.92. The van der Waals surface area contributed by atoms with Gasteiger partial charge in [-0.2, -0.15) is 5.10 Å². The zero-order valence-corrected chi connectivity index (χ0v) is 22.8. The van der Waals surface area contributed by atoms with Gasteiger partial charge in [-0.05, 0) is 80.4 Å². The van der Waals surface area contributed by atoms with Gasteiger partial charge in [-0.15, -0.1) is 0 Å². The SMILES string of the molecule is COc1ccc(-c2cc3n(n2)C[C@@](C)(C(=O)NCc2ccccc2OC)N(c2ccc(C)c(C)c2)C3=O)cc1. The number of fused-ring (bicyclic) bond motifs is 1. The summed E-state index contributed by atoms with van der Waals surface area (Å²) in [5.41, 5.74) is 4.35. The maximum absolute atomic E-state index is 14.1. The summed E-state index contributed by atoms with van der Waals surface area (Å²) in [5, 5.41) is 7.78. The van der Waals surface area contributed by atoms with Crippen LogP contribution in [0.1, 0.15) is 34.1 Å². The number of anilines is 1. The van der Waals surface area contributed by atoms with E-state index in [2.05, 4.69) is 5.32 Å². The van der Waals surface area contributed by atoms with Crippen molar-refractivity contribution in [3.8, 4) is 22.8 Å². The highest BCUT2D eigenvalue weighted by Gasteiger charge is 2.49. The number of methoxy groups -OCH3 is 2. The monoisotopic (exact) mass is 524 g/mol. The number of carbonyl (C=O) groups is 2. The topological polar surface area (TPSA) is 85.7 Å². The second-order valence-corrected chi connectivity index (χ2v) is 9.98.